The number of amides is 3. The lowest BCUT2D eigenvalue weighted by Gasteiger charge is -2.34. The van der Waals surface area contributed by atoms with Crippen molar-refractivity contribution in [2.75, 3.05) is 45.9 Å². The molecule has 2 aliphatic heterocycles. The van der Waals surface area contributed by atoms with Gasteiger partial charge in [0.15, 0.2) is 5.69 Å². The van der Waals surface area contributed by atoms with Crippen molar-refractivity contribution in [2.45, 2.75) is 64.5 Å². The molecule has 0 atom stereocenters. The Balaban J connectivity index is 1.23. The zero-order valence-corrected chi connectivity index (χ0v) is 23.1. The van der Waals surface area contributed by atoms with E-state index in [4.69, 9.17) is 14.9 Å². The highest BCUT2D eigenvalue weighted by molar-refractivity contribution is 5.94. The minimum absolute atomic E-state index is 0.0268. The molecule has 0 unspecified atom stereocenters. The number of halogens is 1. The minimum atomic E-state index is -0.529. The molecule has 3 aliphatic rings. The molecule has 40 heavy (non-hydrogen) atoms. The van der Waals surface area contributed by atoms with Gasteiger partial charge in [-0.3, -0.25) is 19.1 Å². The summed E-state index contributed by atoms with van der Waals surface area (Å²) in [6.07, 6.45) is 5.93. The van der Waals surface area contributed by atoms with Gasteiger partial charge in [0.05, 0.1) is 0 Å². The number of carbonyl (C=O) groups excluding carboxylic acids is 3. The van der Waals surface area contributed by atoms with Gasteiger partial charge < -0.3 is 24.5 Å². The molecule has 1 N–H and O–H groups in total. The fourth-order valence-corrected chi connectivity index (χ4v) is 5.93. The van der Waals surface area contributed by atoms with E-state index in [-0.39, 0.29) is 36.2 Å². The molecule has 1 aliphatic carbocycles. The number of hydrogen-bond donors (Lipinski definition) is 1. The highest BCUT2D eigenvalue weighted by atomic mass is 19.1. The van der Waals surface area contributed by atoms with Crippen molar-refractivity contribution in [2.24, 2.45) is 0 Å². The first-order chi connectivity index (χ1) is 19.3. The summed E-state index contributed by atoms with van der Waals surface area (Å²) in [5.74, 6) is -0.131. The van der Waals surface area contributed by atoms with E-state index in [1.807, 2.05) is 11.8 Å². The van der Waals surface area contributed by atoms with Crippen molar-refractivity contribution in [3.05, 3.63) is 46.5 Å². The number of aromatic nitrogens is 2. The average molecular weight is 556 g/mol. The van der Waals surface area contributed by atoms with Gasteiger partial charge in [-0.2, -0.15) is 5.10 Å². The predicted octanol–water partition coefficient (Wildman–Crippen LogP) is 1.95. The number of carbonyl (C=O) groups is 3. The molecular formula is C29H38FN5O5. The van der Waals surface area contributed by atoms with Crippen molar-refractivity contribution >= 4 is 17.7 Å². The molecular weight excluding hydrogens is 517 g/mol. The zero-order chi connectivity index (χ0) is 28.2. The van der Waals surface area contributed by atoms with Gasteiger partial charge in [0, 0.05) is 63.4 Å². The number of aliphatic hydroxyl groups excluding tert-OH is 1. The molecule has 3 heterocycles. The maximum absolute atomic E-state index is 13.5. The van der Waals surface area contributed by atoms with E-state index in [9.17, 15) is 18.8 Å². The molecule has 0 saturated carbocycles. The summed E-state index contributed by atoms with van der Waals surface area (Å²) in [4.78, 5) is 43.8. The van der Waals surface area contributed by atoms with Gasteiger partial charge in [-0.05, 0) is 56.4 Å². The monoisotopic (exact) mass is 555 g/mol. The lowest BCUT2D eigenvalue weighted by Crippen LogP contribution is -2.51. The molecule has 3 amide bonds. The van der Waals surface area contributed by atoms with Crippen LogP contribution in [0.3, 0.4) is 0 Å². The van der Waals surface area contributed by atoms with Crippen LogP contribution in [-0.4, -0.2) is 99.3 Å². The number of aryl methyl sites for hydroxylation is 1. The SMILES string of the molecule is Cc1cc(F)ccc1OC1CCN(C(=O)Cn2nc(C(=O)N3CCN(C(=O)CO)CC3)c3c2CCCCC3)CC1. The van der Waals surface area contributed by atoms with Crippen LogP contribution in [0.4, 0.5) is 4.39 Å². The number of fused-ring (bicyclic) bond motifs is 1. The first-order valence-corrected chi connectivity index (χ1v) is 14.3. The summed E-state index contributed by atoms with van der Waals surface area (Å²) in [6.45, 7) is 4.06. The van der Waals surface area contributed by atoms with Gasteiger partial charge in [0.1, 0.15) is 30.8 Å². The van der Waals surface area contributed by atoms with E-state index in [0.717, 1.165) is 48.9 Å². The zero-order valence-electron chi connectivity index (χ0n) is 23.1. The number of hydrogen-bond acceptors (Lipinski definition) is 6. The summed E-state index contributed by atoms with van der Waals surface area (Å²) < 4.78 is 21.3. The number of aliphatic hydroxyl groups is 1. The third kappa shape index (κ3) is 6.14. The molecule has 5 rings (SSSR count). The van der Waals surface area contributed by atoms with Gasteiger partial charge in [-0.25, -0.2) is 4.39 Å². The van der Waals surface area contributed by atoms with Gasteiger partial charge in [0.2, 0.25) is 11.8 Å². The van der Waals surface area contributed by atoms with Gasteiger partial charge >= 0.3 is 0 Å². The Labute approximate surface area is 233 Å². The number of piperazine rings is 1. The van der Waals surface area contributed by atoms with Crippen LogP contribution >= 0.6 is 0 Å². The Hall–Kier alpha value is -3.47. The standard InChI is InChI=1S/C29H38FN5O5/c1-20-17-21(30)7-8-25(20)40-22-9-11-32(12-10-22)26(37)18-35-24-6-4-2-3-5-23(24)28(31-35)29(39)34-15-13-33(14-16-34)27(38)19-36/h7-8,17,22,36H,2-6,9-16,18-19H2,1H3. The van der Waals surface area contributed by atoms with E-state index in [1.165, 1.54) is 12.1 Å². The number of nitrogens with zero attached hydrogens (tertiary/aromatic N) is 5. The van der Waals surface area contributed by atoms with Crippen LogP contribution in [0.5, 0.6) is 5.75 Å². The van der Waals surface area contributed by atoms with Crippen molar-refractivity contribution in [3.63, 3.8) is 0 Å². The van der Waals surface area contributed by atoms with Crippen LogP contribution in [0.15, 0.2) is 18.2 Å². The third-order valence-corrected chi connectivity index (χ3v) is 8.27. The van der Waals surface area contributed by atoms with E-state index >= 15 is 0 Å². The van der Waals surface area contributed by atoms with Crippen molar-refractivity contribution in [1.29, 1.82) is 0 Å². The number of likely N-dealkylation sites (tertiary alicyclic amines) is 1. The first-order valence-electron chi connectivity index (χ1n) is 14.3. The van der Waals surface area contributed by atoms with E-state index < -0.39 is 6.61 Å². The van der Waals surface area contributed by atoms with Crippen LogP contribution in [-0.2, 0) is 29.0 Å². The fraction of sp³-hybridized carbons (Fsp3) is 0.586. The van der Waals surface area contributed by atoms with Crippen LogP contribution in [0, 0.1) is 12.7 Å². The molecule has 0 radical (unpaired) electrons. The van der Waals surface area contributed by atoms with Gasteiger partial charge in [-0.15, -0.1) is 0 Å². The highest BCUT2D eigenvalue weighted by Crippen LogP contribution is 2.27. The van der Waals surface area contributed by atoms with Crippen LogP contribution < -0.4 is 4.74 Å². The number of piperidine rings is 1. The molecule has 1 aromatic heterocycles. The molecule has 0 spiro atoms. The van der Waals surface area contributed by atoms with Crippen LogP contribution in [0.2, 0.25) is 0 Å². The van der Waals surface area contributed by atoms with Crippen molar-refractivity contribution < 1.29 is 28.6 Å². The summed E-state index contributed by atoms with van der Waals surface area (Å²) in [5, 5.41) is 13.8. The van der Waals surface area contributed by atoms with Crippen molar-refractivity contribution in [1.82, 2.24) is 24.5 Å². The highest BCUT2D eigenvalue weighted by Gasteiger charge is 2.32. The van der Waals surface area contributed by atoms with Gasteiger partial charge in [-0.1, -0.05) is 6.42 Å². The molecule has 11 heteroatoms. The normalized spacial score (nSPS) is 18.3. The Bertz CT molecular complexity index is 1250. The summed E-state index contributed by atoms with van der Waals surface area (Å²) in [7, 11) is 0. The molecule has 2 fully saturated rings. The van der Waals surface area contributed by atoms with Crippen LogP contribution in [0.1, 0.15) is 59.4 Å². The molecule has 216 valence electrons. The molecule has 1 aromatic carbocycles. The molecule has 0 bridgehead atoms. The Morgan fingerprint density at radius 1 is 0.950 bits per heavy atom. The smallest absolute Gasteiger partial charge is 0.274 e. The lowest BCUT2D eigenvalue weighted by molar-refractivity contribution is -0.135. The summed E-state index contributed by atoms with van der Waals surface area (Å²) in [6, 6.07) is 4.50. The Kier molecular flexibility index (Phi) is 8.68. The Morgan fingerprint density at radius 2 is 1.62 bits per heavy atom. The maximum atomic E-state index is 13.5. The van der Waals surface area contributed by atoms with Crippen molar-refractivity contribution in [3.8, 4) is 5.75 Å². The van der Waals surface area contributed by atoms with E-state index in [0.29, 0.717) is 63.6 Å². The number of ether oxygens (including phenoxy) is 1. The molecule has 2 saturated heterocycles. The molecule has 2 aromatic rings. The summed E-state index contributed by atoms with van der Waals surface area (Å²) in [5.41, 5.74) is 3.11. The quantitative estimate of drug-likeness (QED) is 0.546. The second kappa shape index (κ2) is 12.4. The van der Waals surface area contributed by atoms with E-state index in [1.54, 1.807) is 20.5 Å². The largest absolute Gasteiger partial charge is 0.490 e. The third-order valence-electron chi connectivity index (χ3n) is 8.27. The second-order valence-corrected chi connectivity index (χ2v) is 10.9. The average Bonchev–Trinajstić information content (AvgIpc) is 3.12. The van der Waals surface area contributed by atoms with Gasteiger partial charge in [0.25, 0.3) is 5.91 Å². The molecule has 10 nitrogen and oxygen atoms in total. The lowest BCUT2D eigenvalue weighted by atomic mass is 10.1. The topological polar surface area (TPSA) is 108 Å². The maximum Gasteiger partial charge on any atom is 0.274 e. The van der Waals surface area contributed by atoms with Crippen LogP contribution in [0.25, 0.3) is 0 Å². The first kappa shape index (κ1) is 28.1. The predicted molar refractivity (Wildman–Crippen MR) is 144 cm³/mol. The Morgan fingerprint density at radius 3 is 2.33 bits per heavy atom. The second-order valence-electron chi connectivity index (χ2n) is 10.9. The minimum Gasteiger partial charge on any atom is -0.490 e. The fourth-order valence-electron chi connectivity index (χ4n) is 5.93. The van der Waals surface area contributed by atoms with E-state index in [2.05, 4.69) is 0 Å². The number of benzene rings is 1. The number of rotatable bonds is 6. The summed E-state index contributed by atoms with van der Waals surface area (Å²) >= 11 is 0.